The molecule has 36 heavy (non-hydrogen) atoms. The highest BCUT2D eigenvalue weighted by atomic mass is 16.5. The van der Waals surface area contributed by atoms with Gasteiger partial charge in [-0.2, -0.15) is 10.2 Å². The molecule has 2 aromatic carbocycles. The molecule has 9 nitrogen and oxygen atoms in total. The Morgan fingerprint density at radius 3 is 2.56 bits per heavy atom. The van der Waals surface area contributed by atoms with E-state index in [-0.39, 0.29) is 5.69 Å². The second-order valence-electron chi connectivity index (χ2n) is 8.23. The number of ether oxygens (including phenoxy) is 2. The maximum atomic E-state index is 12.4. The Kier molecular flexibility index (Phi) is 10.5. The van der Waals surface area contributed by atoms with Gasteiger partial charge in [-0.25, -0.2) is 10.2 Å². The fourth-order valence-corrected chi connectivity index (χ4v) is 3.46. The number of hydrogen-bond donors (Lipinski definition) is 3. The summed E-state index contributed by atoms with van der Waals surface area (Å²) in [6.07, 6.45) is 8.71. The molecule has 3 aromatic rings. The van der Waals surface area contributed by atoms with Gasteiger partial charge in [-0.1, -0.05) is 51.2 Å². The molecule has 0 spiro atoms. The number of hydrazone groups is 1. The summed E-state index contributed by atoms with van der Waals surface area (Å²) >= 11 is 0. The van der Waals surface area contributed by atoms with Gasteiger partial charge in [0.15, 0.2) is 6.61 Å². The Bertz CT molecular complexity index is 1140. The summed E-state index contributed by atoms with van der Waals surface area (Å²) in [5.74, 6) is -0.392. The zero-order chi connectivity index (χ0) is 25.6. The molecule has 3 N–H and O–H groups in total. The van der Waals surface area contributed by atoms with E-state index in [2.05, 4.69) is 27.6 Å². The van der Waals surface area contributed by atoms with E-state index < -0.39 is 18.5 Å². The lowest BCUT2D eigenvalue weighted by Crippen LogP contribution is -2.18. The third-order valence-corrected chi connectivity index (χ3v) is 5.38. The van der Waals surface area contributed by atoms with Crippen LogP contribution in [0.25, 0.3) is 11.3 Å². The quantitative estimate of drug-likeness (QED) is 0.155. The fraction of sp³-hybridized carbons (Fsp3) is 0.333. The summed E-state index contributed by atoms with van der Waals surface area (Å²) in [5.41, 5.74) is 4.68. The number of amides is 1. The van der Waals surface area contributed by atoms with Crippen LogP contribution >= 0.6 is 0 Å². The van der Waals surface area contributed by atoms with Crippen LogP contribution in [0, 0.1) is 0 Å². The number of carbonyl (C=O) groups excluding carboxylic acids is 1. The van der Waals surface area contributed by atoms with Crippen molar-refractivity contribution in [3.8, 4) is 22.8 Å². The summed E-state index contributed by atoms with van der Waals surface area (Å²) in [4.78, 5) is 23.2. The summed E-state index contributed by atoms with van der Waals surface area (Å²) in [6, 6.07) is 16.0. The number of H-pyrrole nitrogens is 1. The van der Waals surface area contributed by atoms with Crippen molar-refractivity contribution >= 4 is 18.1 Å². The number of unbranched alkanes of at least 4 members (excludes halogenated alkanes) is 5. The van der Waals surface area contributed by atoms with E-state index in [1.54, 1.807) is 30.3 Å². The van der Waals surface area contributed by atoms with E-state index in [1.807, 2.05) is 24.3 Å². The zero-order valence-corrected chi connectivity index (χ0v) is 20.4. The molecule has 0 aliphatic heterocycles. The van der Waals surface area contributed by atoms with Crippen molar-refractivity contribution in [2.45, 2.75) is 45.4 Å². The lowest BCUT2D eigenvalue weighted by Gasteiger charge is -2.06. The lowest BCUT2D eigenvalue weighted by atomic mass is 10.1. The predicted molar refractivity (Wildman–Crippen MR) is 138 cm³/mol. The number of aliphatic carboxylic acids is 1. The van der Waals surface area contributed by atoms with Gasteiger partial charge < -0.3 is 14.6 Å². The maximum Gasteiger partial charge on any atom is 0.341 e. The summed E-state index contributed by atoms with van der Waals surface area (Å²) < 4.78 is 11.0. The third-order valence-electron chi connectivity index (χ3n) is 5.38. The smallest absolute Gasteiger partial charge is 0.341 e. The molecule has 1 aromatic heterocycles. The number of aromatic amines is 1. The van der Waals surface area contributed by atoms with Crippen molar-refractivity contribution in [3.05, 3.63) is 65.9 Å². The van der Waals surface area contributed by atoms with Gasteiger partial charge in [0.05, 0.1) is 18.5 Å². The Hall–Kier alpha value is -4.14. The van der Waals surface area contributed by atoms with Gasteiger partial charge in [0.25, 0.3) is 5.91 Å². The highest BCUT2D eigenvalue weighted by Crippen LogP contribution is 2.22. The van der Waals surface area contributed by atoms with Gasteiger partial charge in [-0.3, -0.25) is 9.89 Å². The SMILES string of the molecule is CCCCCCCCOc1ccc(-c2cc(C(=O)NN=Cc3ccccc3OCC(=O)O)[nH]n2)cc1. The number of nitrogens with one attached hydrogen (secondary N) is 2. The summed E-state index contributed by atoms with van der Waals surface area (Å²) in [6.45, 7) is 2.45. The van der Waals surface area contributed by atoms with Crippen LogP contribution in [0.3, 0.4) is 0 Å². The van der Waals surface area contributed by atoms with Gasteiger partial charge in [0, 0.05) is 11.1 Å². The first-order valence-corrected chi connectivity index (χ1v) is 12.1. The molecule has 3 rings (SSSR count). The van der Waals surface area contributed by atoms with Crippen molar-refractivity contribution in [3.63, 3.8) is 0 Å². The molecular weight excluding hydrogens is 460 g/mol. The molecule has 9 heteroatoms. The van der Waals surface area contributed by atoms with Gasteiger partial charge >= 0.3 is 5.97 Å². The normalized spacial score (nSPS) is 10.9. The molecule has 0 aliphatic rings. The van der Waals surface area contributed by atoms with Crippen LogP contribution in [0.1, 0.15) is 61.5 Å². The van der Waals surface area contributed by atoms with E-state index in [0.717, 1.165) is 17.7 Å². The predicted octanol–water partition coefficient (Wildman–Crippen LogP) is 5.04. The number of nitrogens with zero attached hydrogens (tertiary/aromatic N) is 2. The average molecular weight is 493 g/mol. The highest BCUT2D eigenvalue weighted by Gasteiger charge is 2.11. The minimum absolute atomic E-state index is 0.251. The summed E-state index contributed by atoms with van der Waals surface area (Å²) in [5, 5.41) is 19.7. The van der Waals surface area contributed by atoms with Crippen LogP contribution in [0.15, 0.2) is 59.7 Å². The zero-order valence-electron chi connectivity index (χ0n) is 20.4. The Labute approximate surface area is 210 Å². The topological polar surface area (TPSA) is 126 Å². The number of carboxylic acid groups (broad SMARTS) is 1. The van der Waals surface area contributed by atoms with Gasteiger partial charge in [0.2, 0.25) is 0 Å². The molecule has 0 saturated carbocycles. The minimum atomic E-state index is -1.08. The second-order valence-corrected chi connectivity index (χ2v) is 8.23. The number of carbonyl (C=O) groups is 2. The fourth-order valence-electron chi connectivity index (χ4n) is 3.46. The molecule has 1 amide bonds. The lowest BCUT2D eigenvalue weighted by molar-refractivity contribution is -0.139. The molecule has 0 radical (unpaired) electrons. The van der Waals surface area contributed by atoms with Crippen molar-refractivity contribution in [2.24, 2.45) is 5.10 Å². The third kappa shape index (κ3) is 8.57. The van der Waals surface area contributed by atoms with Gasteiger partial charge in [0.1, 0.15) is 17.2 Å². The van der Waals surface area contributed by atoms with Crippen molar-refractivity contribution in [1.29, 1.82) is 0 Å². The van der Waals surface area contributed by atoms with Crippen LogP contribution in [-0.2, 0) is 4.79 Å². The van der Waals surface area contributed by atoms with Crippen molar-refractivity contribution in [1.82, 2.24) is 15.6 Å². The van der Waals surface area contributed by atoms with Crippen LogP contribution in [0.2, 0.25) is 0 Å². The first kappa shape index (κ1) is 26.5. The minimum Gasteiger partial charge on any atom is -0.494 e. The van der Waals surface area contributed by atoms with Crippen molar-refractivity contribution < 1.29 is 24.2 Å². The molecule has 0 saturated heterocycles. The van der Waals surface area contributed by atoms with E-state index in [4.69, 9.17) is 14.6 Å². The molecule has 0 atom stereocenters. The van der Waals surface area contributed by atoms with Gasteiger partial charge in [-0.15, -0.1) is 0 Å². The van der Waals surface area contributed by atoms with E-state index in [0.29, 0.717) is 23.6 Å². The van der Waals surface area contributed by atoms with Crippen molar-refractivity contribution in [2.75, 3.05) is 13.2 Å². The second kappa shape index (κ2) is 14.3. The Morgan fingerprint density at radius 2 is 1.78 bits per heavy atom. The highest BCUT2D eigenvalue weighted by molar-refractivity contribution is 5.94. The summed E-state index contributed by atoms with van der Waals surface area (Å²) in [7, 11) is 0. The molecule has 0 unspecified atom stereocenters. The number of para-hydroxylation sites is 1. The molecule has 190 valence electrons. The number of aromatic nitrogens is 2. The standard InChI is InChI=1S/C27H32N4O5/c1-2-3-4-5-6-9-16-35-22-14-12-20(13-15-22)23-17-24(30-29-23)27(34)31-28-18-21-10-7-8-11-25(21)36-19-26(32)33/h7-8,10-15,17-18H,2-6,9,16,19H2,1H3,(H,29,30)(H,31,34)(H,32,33). The molecule has 0 bridgehead atoms. The van der Waals surface area contributed by atoms with Crippen LogP contribution in [-0.4, -0.2) is 46.6 Å². The van der Waals surface area contributed by atoms with Gasteiger partial charge in [-0.05, 0) is 48.9 Å². The molecule has 0 fully saturated rings. The van der Waals surface area contributed by atoms with Crippen LogP contribution < -0.4 is 14.9 Å². The van der Waals surface area contributed by atoms with E-state index in [1.165, 1.54) is 38.3 Å². The number of rotatable bonds is 15. The molecule has 0 aliphatic carbocycles. The Balaban J connectivity index is 1.49. The number of hydrogen-bond acceptors (Lipinski definition) is 6. The monoisotopic (exact) mass is 492 g/mol. The maximum absolute atomic E-state index is 12.4. The first-order chi connectivity index (χ1) is 17.6. The van der Waals surface area contributed by atoms with E-state index >= 15 is 0 Å². The first-order valence-electron chi connectivity index (χ1n) is 12.1. The Morgan fingerprint density at radius 1 is 1.03 bits per heavy atom. The molecule has 1 heterocycles. The number of benzene rings is 2. The largest absolute Gasteiger partial charge is 0.494 e. The molecular formula is C27H32N4O5. The number of carboxylic acids is 1. The average Bonchev–Trinajstić information content (AvgIpc) is 3.38. The van der Waals surface area contributed by atoms with Crippen LogP contribution in [0.5, 0.6) is 11.5 Å². The van der Waals surface area contributed by atoms with Crippen LogP contribution in [0.4, 0.5) is 0 Å². The van der Waals surface area contributed by atoms with E-state index in [9.17, 15) is 9.59 Å².